The molecule has 0 radical (unpaired) electrons. The number of aromatic nitrogens is 3. The van der Waals surface area contributed by atoms with Crippen LogP contribution in [0.15, 0.2) is 18.3 Å². The largest absolute Gasteiger partial charge is 0.346 e. The van der Waals surface area contributed by atoms with E-state index in [9.17, 15) is 4.79 Å². The monoisotopic (exact) mass is 248 g/mol. The molecule has 1 N–H and O–H groups in total. The van der Waals surface area contributed by atoms with E-state index in [4.69, 9.17) is 0 Å². The van der Waals surface area contributed by atoms with Gasteiger partial charge in [0.15, 0.2) is 5.69 Å². The van der Waals surface area contributed by atoms with Crippen molar-refractivity contribution in [1.29, 1.82) is 0 Å². The maximum atomic E-state index is 11.7. The molecular formula is C11H12N4OS. The Morgan fingerprint density at radius 3 is 2.88 bits per heavy atom. The first-order chi connectivity index (χ1) is 8.16. The van der Waals surface area contributed by atoms with Crippen LogP contribution >= 0.6 is 11.3 Å². The maximum Gasteiger partial charge on any atom is 0.272 e. The van der Waals surface area contributed by atoms with Gasteiger partial charge in [0, 0.05) is 11.1 Å². The fourth-order valence-corrected chi connectivity index (χ4v) is 2.29. The third-order valence-corrected chi connectivity index (χ3v) is 3.29. The van der Waals surface area contributed by atoms with E-state index < -0.39 is 0 Å². The number of thiazole rings is 1. The molecule has 2 heterocycles. The Balaban J connectivity index is 1.99. The molecule has 2 aromatic heterocycles. The molecule has 0 fully saturated rings. The van der Waals surface area contributed by atoms with Crippen LogP contribution in [0.1, 0.15) is 26.1 Å². The number of carbonyl (C=O) groups is 1. The Bertz CT molecular complexity index is 524. The van der Waals surface area contributed by atoms with E-state index in [1.54, 1.807) is 23.5 Å². The molecule has 0 saturated carbocycles. The van der Waals surface area contributed by atoms with Crippen molar-refractivity contribution in [3.8, 4) is 0 Å². The second-order valence-corrected chi connectivity index (χ2v) is 4.82. The molecule has 0 spiro atoms. The van der Waals surface area contributed by atoms with E-state index in [0.717, 1.165) is 15.6 Å². The van der Waals surface area contributed by atoms with Gasteiger partial charge in [-0.3, -0.25) is 4.79 Å². The summed E-state index contributed by atoms with van der Waals surface area (Å²) < 4.78 is 0. The summed E-state index contributed by atoms with van der Waals surface area (Å²) in [4.78, 5) is 17.1. The number of aryl methyl sites for hydroxylation is 2. The smallest absolute Gasteiger partial charge is 0.272 e. The zero-order valence-corrected chi connectivity index (χ0v) is 10.4. The third-order valence-electron chi connectivity index (χ3n) is 2.21. The van der Waals surface area contributed by atoms with Gasteiger partial charge in [0.05, 0.1) is 17.2 Å². The predicted octanol–water partition coefficient (Wildman–Crippen LogP) is 1.48. The number of amides is 1. The summed E-state index contributed by atoms with van der Waals surface area (Å²) in [6, 6.07) is 3.32. The summed E-state index contributed by atoms with van der Waals surface area (Å²) >= 11 is 1.59. The number of hydrogen-bond donors (Lipinski definition) is 1. The van der Waals surface area contributed by atoms with Crippen molar-refractivity contribution < 1.29 is 4.79 Å². The van der Waals surface area contributed by atoms with Crippen LogP contribution in [0.4, 0.5) is 0 Å². The molecule has 1 amide bonds. The number of nitrogens with one attached hydrogen (secondary N) is 1. The molecule has 6 heteroatoms. The van der Waals surface area contributed by atoms with E-state index in [0.29, 0.717) is 12.2 Å². The summed E-state index contributed by atoms with van der Waals surface area (Å²) in [5.74, 6) is -0.219. The first-order valence-electron chi connectivity index (χ1n) is 5.15. The lowest BCUT2D eigenvalue weighted by Crippen LogP contribution is -2.23. The number of nitrogens with zero attached hydrogens (tertiary/aromatic N) is 3. The van der Waals surface area contributed by atoms with Crippen LogP contribution in [0, 0.1) is 13.8 Å². The zero-order chi connectivity index (χ0) is 12.3. The predicted molar refractivity (Wildman–Crippen MR) is 64.8 cm³/mol. The van der Waals surface area contributed by atoms with Crippen LogP contribution in [0.2, 0.25) is 0 Å². The molecule has 0 saturated heterocycles. The zero-order valence-electron chi connectivity index (χ0n) is 9.60. The highest BCUT2D eigenvalue weighted by Gasteiger charge is 2.09. The quantitative estimate of drug-likeness (QED) is 0.893. The van der Waals surface area contributed by atoms with Gasteiger partial charge in [0.25, 0.3) is 5.91 Å². The molecule has 0 aliphatic heterocycles. The summed E-state index contributed by atoms with van der Waals surface area (Å²) in [5, 5.41) is 11.2. The number of rotatable bonds is 3. The van der Waals surface area contributed by atoms with E-state index in [1.807, 2.05) is 13.8 Å². The Kier molecular flexibility index (Phi) is 3.43. The molecule has 2 aromatic rings. The summed E-state index contributed by atoms with van der Waals surface area (Å²) in [7, 11) is 0. The lowest BCUT2D eigenvalue weighted by Gasteiger charge is -2.02. The maximum absolute atomic E-state index is 11.7. The van der Waals surface area contributed by atoms with Gasteiger partial charge in [-0.25, -0.2) is 4.98 Å². The van der Waals surface area contributed by atoms with Crippen LogP contribution < -0.4 is 5.32 Å². The Labute approximate surface area is 103 Å². The van der Waals surface area contributed by atoms with E-state index in [2.05, 4.69) is 20.5 Å². The Morgan fingerprint density at radius 1 is 1.47 bits per heavy atom. The molecule has 0 bridgehead atoms. The highest BCUT2D eigenvalue weighted by atomic mass is 32.1. The average Bonchev–Trinajstić information content (AvgIpc) is 2.66. The molecule has 17 heavy (non-hydrogen) atoms. The summed E-state index contributed by atoms with van der Waals surface area (Å²) in [6.07, 6.45) is 1.54. The first kappa shape index (κ1) is 11.7. The van der Waals surface area contributed by atoms with Crippen LogP contribution in [0.25, 0.3) is 0 Å². The van der Waals surface area contributed by atoms with Gasteiger partial charge in [-0.1, -0.05) is 0 Å². The van der Waals surface area contributed by atoms with Crippen molar-refractivity contribution in [3.05, 3.63) is 39.6 Å². The molecular weight excluding hydrogens is 236 g/mol. The van der Waals surface area contributed by atoms with Gasteiger partial charge in [0.2, 0.25) is 0 Å². The van der Waals surface area contributed by atoms with Gasteiger partial charge in [-0.05, 0) is 26.0 Å². The number of hydrogen-bond acceptors (Lipinski definition) is 5. The Hall–Kier alpha value is -1.82. The van der Waals surface area contributed by atoms with Crippen molar-refractivity contribution in [2.75, 3.05) is 0 Å². The number of carbonyl (C=O) groups excluding carboxylic acids is 1. The van der Waals surface area contributed by atoms with Crippen molar-refractivity contribution in [1.82, 2.24) is 20.5 Å². The topological polar surface area (TPSA) is 67.8 Å². The first-order valence-corrected chi connectivity index (χ1v) is 5.97. The second kappa shape index (κ2) is 5.01. The minimum atomic E-state index is -0.219. The molecule has 0 unspecified atom stereocenters. The average molecular weight is 248 g/mol. The lowest BCUT2D eigenvalue weighted by atomic mass is 10.3. The van der Waals surface area contributed by atoms with Crippen LogP contribution in [0.3, 0.4) is 0 Å². The van der Waals surface area contributed by atoms with Gasteiger partial charge >= 0.3 is 0 Å². The van der Waals surface area contributed by atoms with Gasteiger partial charge in [-0.15, -0.1) is 16.4 Å². The van der Waals surface area contributed by atoms with Gasteiger partial charge in [0.1, 0.15) is 0 Å². The third kappa shape index (κ3) is 2.85. The van der Waals surface area contributed by atoms with Crippen LogP contribution in [0.5, 0.6) is 0 Å². The SMILES string of the molecule is Cc1nc(C)c(CNC(=O)c2cccnn2)s1. The highest BCUT2D eigenvalue weighted by Crippen LogP contribution is 2.16. The molecule has 0 aromatic carbocycles. The van der Waals surface area contributed by atoms with Crippen molar-refractivity contribution in [2.45, 2.75) is 20.4 Å². The molecule has 88 valence electrons. The van der Waals surface area contributed by atoms with E-state index >= 15 is 0 Å². The summed E-state index contributed by atoms with van der Waals surface area (Å²) in [5.41, 5.74) is 1.29. The fourth-order valence-electron chi connectivity index (χ4n) is 1.41. The molecule has 5 nitrogen and oxygen atoms in total. The molecule has 0 atom stereocenters. The standard InChI is InChI=1S/C11H12N4OS/c1-7-10(17-8(2)14-7)6-12-11(16)9-4-3-5-13-15-9/h3-5H,6H2,1-2H3,(H,12,16). The van der Waals surface area contributed by atoms with Gasteiger partial charge < -0.3 is 5.32 Å². The second-order valence-electron chi connectivity index (χ2n) is 3.53. The van der Waals surface area contributed by atoms with Crippen LogP contribution in [-0.4, -0.2) is 21.1 Å². The van der Waals surface area contributed by atoms with E-state index in [1.165, 1.54) is 6.20 Å². The minimum absolute atomic E-state index is 0.219. The van der Waals surface area contributed by atoms with E-state index in [-0.39, 0.29) is 5.91 Å². The van der Waals surface area contributed by atoms with Crippen molar-refractivity contribution in [2.24, 2.45) is 0 Å². The fraction of sp³-hybridized carbons (Fsp3) is 0.273. The van der Waals surface area contributed by atoms with Gasteiger partial charge in [-0.2, -0.15) is 5.10 Å². The normalized spacial score (nSPS) is 10.2. The Morgan fingerprint density at radius 2 is 2.29 bits per heavy atom. The molecule has 0 aliphatic carbocycles. The van der Waals surface area contributed by atoms with Crippen molar-refractivity contribution in [3.63, 3.8) is 0 Å². The molecule has 2 rings (SSSR count). The van der Waals surface area contributed by atoms with Crippen LogP contribution in [-0.2, 0) is 6.54 Å². The molecule has 0 aliphatic rings. The highest BCUT2D eigenvalue weighted by molar-refractivity contribution is 7.11. The summed E-state index contributed by atoms with van der Waals surface area (Å²) in [6.45, 7) is 4.37. The lowest BCUT2D eigenvalue weighted by molar-refractivity contribution is 0.0945. The van der Waals surface area contributed by atoms with Crippen molar-refractivity contribution >= 4 is 17.2 Å². The minimum Gasteiger partial charge on any atom is -0.346 e.